The summed E-state index contributed by atoms with van der Waals surface area (Å²) in [6, 6.07) is 11.0. The Morgan fingerprint density at radius 1 is 0.811 bits per heavy atom. The van der Waals surface area contributed by atoms with Crippen molar-refractivity contribution in [3.8, 4) is 0 Å². The van der Waals surface area contributed by atoms with Gasteiger partial charge in [-0.1, -0.05) is 112 Å². The molecule has 1 aromatic heterocycles. The van der Waals surface area contributed by atoms with Crippen LogP contribution in [0, 0.1) is 10.8 Å². The molecule has 37 heavy (non-hydrogen) atoms. The highest BCUT2D eigenvalue weighted by atomic mass is 35.5. The van der Waals surface area contributed by atoms with E-state index in [2.05, 4.69) is 5.11 Å². The molecule has 192 valence electrons. The number of carbonyl (C=O) groups excluding carboxylic acids is 1. The minimum atomic E-state index is -0.382. The number of carbonyl (C=O) groups is 1. The maximum absolute atomic E-state index is 13.6. The molecule has 0 saturated heterocycles. The lowest BCUT2D eigenvalue weighted by Gasteiger charge is -2.31. The predicted octanol–water partition coefficient (Wildman–Crippen LogP) is 11.5. The molecule has 3 nitrogen and oxygen atoms in total. The smallest absolute Gasteiger partial charge is 0.186 e. The van der Waals surface area contributed by atoms with Crippen molar-refractivity contribution in [1.82, 2.24) is 0 Å². The van der Waals surface area contributed by atoms with Crippen molar-refractivity contribution in [1.29, 1.82) is 0 Å². The van der Waals surface area contributed by atoms with E-state index in [9.17, 15) is 4.79 Å². The molecule has 1 heterocycles. The summed E-state index contributed by atoms with van der Waals surface area (Å²) < 4.78 is 0.647. The van der Waals surface area contributed by atoms with Crippen molar-refractivity contribution in [2.75, 3.05) is 0 Å². The first-order valence-corrected chi connectivity index (χ1v) is 14.0. The van der Waals surface area contributed by atoms with E-state index in [4.69, 9.17) is 51.5 Å². The monoisotopic (exact) mass is 590 g/mol. The van der Waals surface area contributed by atoms with Gasteiger partial charge in [-0.2, -0.15) is 0 Å². The van der Waals surface area contributed by atoms with Gasteiger partial charge in [0.2, 0.25) is 0 Å². The summed E-state index contributed by atoms with van der Waals surface area (Å²) in [6.07, 6.45) is 3.83. The van der Waals surface area contributed by atoms with E-state index < -0.39 is 0 Å². The topological polar surface area (TPSA) is 41.8 Å². The Bertz CT molecular complexity index is 1490. The van der Waals surface area contributed by atoms with Crippen LogP contribution in [0.25, 0.3) is 16.5 Å². The molecular weight excluding hydrogens is 566 g/mol. The van der Waals surface area contributed by atoms with E-state index in [0.717, 1.165) is 21.2 Å². The first kappa shape index (κ1) is 28.1. The van der Waals surface area contributed by atoms with Crippen molar-refractivity contribution < 1.29 is 4.79 Å². The fraction of sp³-hybridized carbons (Fsp3) is 0.276. The Balaban J connectivity index is 2.08. The van der Waals surface area contributed by atoms with Crippen LogP contribution in [0.15, 0.2) is 75.5 Å². The van der Waals surface area contributed by atoms with Crippen molar-refractivity contribution in [3.63, 3.8) is 0 Å². The van der Waals surface area contributed by atoms with Gasteiger partial charge in [0.05, 0.1) is 14.9 Å². The Morgan fingerprint density at radius 3 is 1.84 bits per heavy atom. The lowest BCUT2D eigenvalue weighted by molar-refractivity contribution is -0.114. The number of nitrogens with zero attached hydrogens (tertiary/aromatic N) is 2. The number of Topliss-reactive ketones (excluding diaryl/α,β-unsaturated/α-hetero) is 1. The highest BCUT2D eigenvalue weighted by Crippen LogP contribution is 2.46. The Morgan fingerprint density at radius 2 is 1.32 bits per heavy atom. The van der Waals surface area contributed by atoms with Crippen LogP contribution >= 0.6 is 57.7 Å². The van der Waals surface area contributed by atoms with Crippen molar-refractivity contribution >= 4 is 85.7 Å². The minimum Gasteiger partial charge on any atom is -0.289 e. The van der Waals surface area contributed by atoms with Crippen molar-refractivity contribution in [2.24, 2.45) is 21.1 Å². The Hall–Kier alpha value is -1.95. The number of halogens is 4. The maximum atomic E-state index is 13.6. The second kappa shape index (κ2) is 10.3. The number of hydrogen-bond donors (Lipinski definition) is 0. The van der Waals surface area contributed by atoms with Gasteiger partial charge in [0.25, 0.3) is 0 Å². The zero-order chi connectivity index (χ0) is 27.3. The summed E-state index contributed by atoms with van der Waals surface area (Å²) >= 11 is 27.0. The zero-order valence-electron chi connectivity index (χ0n) is 21.3. The first-order chi connectivity index (χ1) is 17.2. The molecule has 8 heteroatoms. The number of benzene rings is 2. The number of ketones is 1. The highest BCUT2D eigenvalue weighted by Gasteiger charge is 2.35. The van der Waals surface area contributed by atoms with E-state index in [-0.39, 0.29) is 26.7 Å². The first-order valence-electron chi connectivity index (χ1n) is 11.7. The van der Waals surface area contributed by atoms with Gasteiger partial charge in [0.15, 0.2) is 5.78 Å². The minimum absolute atomic E-state index is 0.0397. The van der Waals surface area contributed by atoms with Gasteiger partial charge in [-0.3, -0.25) is 4.79 Å². The second-order valence-electron chi connectivity index (χ2n) is 10.9. The third-order valence-electron chi connectivity index (χ3n) is 6.00. The summed E-state index contributed by atoms with van der Waals surface area (Å²) in [5, 5.41) is 12.0. The molecule has 1 aliphatic rings. The summed E-state index contributed by atoms with van der Waals surface area (Å²) in [7, 11) is 0. The van der Waals surface area contributed by atoms with E-state index >= 15 is 0 Å². The van der Waals surface area contributed by atoms with Crippen LogP contribution in [0.1, 0.15) is 46.4 Å². The maximum Gasteiger partial charge on any atom is 0.186 e. The van der Waals surface area contributed by atoms with Crippen LogP contribution in [-0.4, -0.2) is 5.78 Å². The average Bonchev–Trinajstić information content (AvgIpc) is 3.11. The van der Waals surface area contributed by atoms with Gasteiger partial charge in [0, 0.05) is 32.5 Å². The Labute approximate surface area is 241 Å². The van der Waals surface area contributed by atoms with Gasteiger partial charge in [-0.25, -0.2) is 0 Å². The summed E-state index contributed by atoms with van der Waals surface area (Å²) in [6.45, 7) is 12.2. The quantitative estimate of drug-likeness (QED) is 0.279. The summed E-state index contributed by atoms with van der Waals surface area (Å²) in [4.78, 5) is 14.4. The summed E-state index contributed by atoms with van der Waals surface area (Å²) in [5.41, 5.74) is 2.30. The van der Waals surface area contributed by atoms with Crippen LogP contribution in [0.4, 0.5) is 5.69 Å². The molecule has 3 aromatic rings. The second-order valence-corrected chi connectivity index (χ2v) is 13.8. The van der Waals surface area contributed by atoms with Gasteiger partial charge < -0.3 is 0 Å². The molecule has 0 aliphatic heterocycles. The van der Waals surface area contributed by atoms with Gasteiger partial charge in [0.1, 0.15) is 15.7 Å². The standard InChI is InChI=1S/C29H26Cl4N2OS/c1-28(2,3)19-11-15(12-20(25(19)36)29(4,5)6)23(26-17-9-7-8-10-18(17)27(33)37-26)34-35-24-21(31)13-16(30)14-22(24)32/h7-14H,1-6H3. The Kier molecular flexibility index (Phi) is 7.82. The number of allylic oxidation sites excluding steroid dienone is 5. The van der Waals surface area contributed by atoms with Gasteiger partial charge in [-0.05, 0) is 35.1 Å². The predicted molar refractivity (Wildman–Crippen MR) is 160 cm³/mol. The number of rotatable bonds is 3. The molecule has 0 saturated carbocycles. The van der Waals surface area contributed by atoms with Crippen LogP contribution in [-0.2, 0) is 4.79 Å². The molecule has 0 radical (unpaired) electrons. The van der Waals surface area contributed by atoms with E-state index in [1.54, 1.807) is 12.1 Å². The molecule has 4 rings (SSSR count). The van der Waals surface area contributed by atoms with Crippen molar-refractivity contribution in [3.05, 3.63) is 89.6 Å². The molecule has 0 atom stereocenters. The summed E-state index contributed by atoms with van der Waals surface area (Å²) in [5.74, 6) is 0.0397. The SMILES string of the molecule is CC(C)(C)C1=CC(=C(N=Nc2c(Cl)cc(Cl)cc2Cl)c2sc(Cl)c3ccccc23)C=C(C(C)(C)C)C1=O. The lowest BCUT2D eigenvalue weighted by Crippen LogP contribution is -2.28. The van der Waals surface area contributed by atoms with E-state index in [1.807, 2.05) is 78.0 Å². The lowest BCUT2D eigenvalue weighted by atomic mass is 9.71. The molecule has 0 fully saturated rings. The molecular formula is C29H26Cl4N2OS. The zero-order valence-corrected chi connectivity index (χ0v) is 25.2. The largest absolute Gasteiger partial charge is 0.289 e. The molecule has 0 unspecified atom stereocenters. The van der Waals surface area contributed by atoms with Gasteiger partial charge >= 0.3 is 0 Å². The van der Waals surface area contributed by atoms with Gasteiger partial charge in [-0.15, -0.1) is 21.6 Å². The molecule has 0 spiro atoms. The van der Waals surface area contributed by atoms with E-state index in [0.29, 0.717) is 31.9 Å². The average molecular weight is 592 g/mol. The number of thiophene rings is 1. The third-order valence-corrected chi connectivity index (χ3v) is 8.25. The van der Waals surface area contributed by atoms with E-state index in [1.165, 1.54) is 11.3 Å². The molecule has 0 N–H and O–H groups in total. The molecule has 2 aromatic carbocycles. The van der Waals surface area contributed by atoms with Crippen molar-refractivity contribution in [2.45, 2.75) is 41.5 Å². The molecule has 1 aliphatic carbocycles. The third kappa shape index (κ3) is 5.74. The number of azo groups is 1. The van der Waals surface area contributed by atoms with Crippen LogP contribution in [0.3, 0.4) is 0 Å². The van der Waals surface area contributed by atoms with Crippen LogP contribution in [0.5, 0.6) is 0 Å². The normalized spacial score (nSPS) is 15.0. The van der Waals surface area contributed by atoms with Crippen LogP contribution in [0.2, 0.25) is 19.4 Å². The molecule has 0 bridgehead atoms. The molecule has 0 amide bonds. The fourth-order valence-electron chi connectivity index (χ4n) is 4.07. The van der Waals surface area contributed by atoms with Crippen LogP contribution < -0.4 is 0 Å². The number of fused-ring (bicyclic) bond motifs is 1. The fourth-order valence-corrected chi connectivity index (χ4v) is 6.37. The highest BCUT2D eigenvalue weighted by molar-refractivity contribution is 7.19. The number of hydrogen-bond acceptors (Lipinski definition) is 4.